The van der Waals surface area contributed by atoms with Crippen molar-refractivity contribution in [3.63, 3.8) is 0 Å². The van der Waals surface area contributed by atoms with Gasteiger partial charge in [-0.2, -0.15) is 0 Å². The van der Waals surface area contributed by atoms with Gasteiger partial charge in [-0.3, -0.25) is 4.79 Å². The number of ether oxygens (including phenoxy) is 2. The van der Waals surface area contributed by atoms with Crippen molar-refractivity contribution in [2.45, 2.75) is 65.1 Å². The number of carbonyl (C=O) groups is 1. The van der Waals surface area contributed by atoms with Crippen LogP contribution in [0.5, 0.6) is 11.5 Å². The van der Waals surface area contributed by atoms with Gasteiger partial charge in [-0.05, 0) is 41.3 Å². The van der Waals surface area contributed by atoms with Gasteiger partial charge in [-0.1, -0.05) is 112 Å². The predicted molar refractivity (Wildman–Crippen MR) is 140 cm³/mol. The van der Waals surface area contributed by atoms with Crippen LogP contribution in [-0.2, 0) is 18.0 Å². The highest BCUT2D eigenvalue weighted by molar-refractivity contribution is 5.93. The number of unbranched alkanes of at least 4 members (excludes halogenated alkanes) is 5. The van der Waals surface area contributed by atoms with Crippen LogP contribution in [0.25, 0.3) is 6.08 Å². The number of allylic oxidation sites excluding steroid dienone is 1. The number of hydrogen-bond acceptors (Lipinski definition) is 3. The molecule has 0 N–H and O–H groups in total. The lowest BCUT2D eigenvalue weighted by Gasteiger charge is -2.14. The highest BCUT2D eigenvalue weighted by Crippen LogP contribution is 2.30. The van der Waals surface area contributed by atoms with Crippen LogP contribution >= 0.6 is 0 Å². The molecule has 0 aliphatic rings. The van der Waals surface area contributed by atoms with E-state index in [1.165, 1.54) is 25.7 Å². The minimum absolute atomic E-state index is 0.173. The molecule has 0 heterocycles. The molecule has 0 fully saturated rings. The van der Waals surface area contributed by atoms with Crippen molar-refractivity contribution >= 4 is 11.9 Å². The summed E-state index contributed by atoms with van der Waals surface area (Å²) in [4.78, 5) is 12.3. The van der Waals surface area contributed by atoms with Gasteiger partial charge >= 0.3 is 0 Å². The van der Waals surface area contributed by atoms with Gasteiger partial charge in [-0.25, -0.2) is 0 Å². The lowest BCUT2D eigenvalue weighted by Crippen LogP contribution is -2.01. The highest BCUT2D eigenvalue weighted by atomic mass is 16.5. The summed E-state index contributed by atoms with van der Waals surface area (Å²) in [7, 11) is 0. The van der Waals surface area contributed by atoms with Crippen LogP contribution in [-0.4, -0.2) is 5.78 Å². The molecular weight excluding hydrogens is 420 g/mol. The lowest BCUT2D eigenvalue weighted by atomic mass is 10.1. The first kappa shape index (κ1) is 25.3. The molecule has 3 aromatic carbocycles. The van der Waals surface area contributed by atoms with E-state index in [2.05, 4.69) is 6.92 Å². The fourth-order valence-electron chi connectivity index (χ4n) is 3.68. The summed E-state index contributed by atoms with van der Waals surface area (Å²) in [6.07, 6.45) is 11.3. The van der Waals surface area contributed by atoms with E-state index in [1.807, 2.05) is 84.9 Å². The maximum Gasteiger partial charge on any atom is 0.162 e. The standard InChI is InChI=1S/C31H36O3/c1-2-3-4-5-6-13-18-29(32)21-19-26-20-22-30(33-24-27-14-9-7-10-15-27)31(23-26)34-25-28-16-11-8-12-17-28/h7-12,14-17,19-23H,2-6,13,18,24-25H2,1H3/b21-19+. The molecule has 0 unspecified atom stereocenters. The zero-order chi connectivity index (χ0) is 23.8. The van der Waals surface area contributed by atoms with E-state index in [4.69, 9.17) is 9.47 Å². The summed E-state index contributed by atoms with van der Waals surface area (Å²) < 4.78 is 12.2. The fourth-order valence-corrected chi connectivity index (χ4v) is 3.68. The van der Waals surface area contributed by atoms with Gasteiger partial charge in [0, 0.05) is 6.42 Å². The van der Waals surface area contributed by atoms with Gasteiger partial charge in [-0.15, -0.1) is 0 Å². The molecule has 178 valence electrons. The first-order valence-electron chi connectivity index (χ1n) is 12.4. The Hall–Kier alpha value is -3.33. The van der Waals surface area contributed by atoms with Crippen molar-refractivity contribution < 1.29 is 14.3 Å². The van der Waals surface area contributed by atoms with E-state index in [0.717, 1.165) is 29.5 Å². The first-order chi connectivity index (χ1) is 16.7. The van der Waals surface area contributed by atoms with Gasteiger partial charge < -0.3 is 9.47 Å². The third-order valence-electron chi connectivity index (χ3n) is 5.68. The predicted octanol–water partition coefficient (Wildman–Crippen LogP) is 8.18. The first-order valence-corrected chi connectivity index (χ1v) is 12.4. The van der Waals surface area contributed by atoms with E-state index < -0.39 is 0 Å². The van der Waals surface area contributed by atoms with E-state index in [9.17, 15) is 4.79 Å². The fraction of sp³-hybridized carbons (Fsp3) is 0.323. The van der Waals surface area contributed by atoms with Gasteiger partial charge in [0.05, 0.1) is 0 Å². The maximum absolute atomic E-state index is 12.3. The summed E-state index contributed by atoms with van der Waals surface area (Å²) >= 11 is 0. The van der Waals surface area contributed by atoms with Crippen LogP contribution in [0.2, 0.25) is 0 Å². The molecule has 3 heteroatoms. The van der Waals surface area contributed by atoms with Crippen molar-refractivity contribution in [1.82, 2.24) is 0 Å². The van der Waals surface area contributed by atoms with E-state index in [0.29, 0.717) is 31.1 Å². The van der Waals surface area contributed by atoms with Gasteiger partial charge in [0.2, 0.25) is 0 Å². The normalized spacial score (nSPS) is 11.0. The molecule has 3 nitrogen and oxygen atoms in total. The van der Waals surface area contributed by atoms with Crippen molar-refractivity contribution in [2.24, 2.45) is 0 Å². The van der Waals surface area contributed by atoms with Gasteiger partial charge in [0.25, 0.3) is 0 Å². The third-order valence-corrected chi connectivity index (χ3v) is 5.68. The second-order valence-corrected chi connectivity index (χ2v) is 8.57. The summed E-state index contributed by atoms with van der Waals surface area (Å²) in [5.74, 6) is 1.53. The summed E-state index contributed by atoms with van der Waals surface area (Å²) in [6.45, 7) is 3.13. The Kier molecular flexibility index (Phi) is 11.0. The SMILES string of the molecule is CCCCCCCCC(=O)/C=C/c1ccc(OCc2ccccc2)c(OCc2ccccc2)c1. The monoisotopic (exact) mass is 456 g/mol. The Morgan fingerprint density at radius 1 is 0.706 bits per heavy atom. The minimum Gasteiger partial charge on any atom is -0.485 e. The molecule has 0 aromatic heterocycles. The second-order valence-electron chi connectivity index (χ2n) is 8.57. The molecule has 0 amide bonds. The maximum atomic E-state index is 12.3. The molecular formula is C31H36O3. The van der Waals surface area contributed by atoms with Crippen LogP contribution < -0.4 is 9.47 Å². The number of hydrogen-bond donors (Lipinski definition) is 0. The summed E-state index contributed by atoms with van der Waals surface area (Å²) in [5, 5.41) is 0. The molecule has 3 aromatic rings. The Balaban J connectivity index is 1.61. The summed E-state index contributed by atoms with van der Waals surface area (Å²) in [6, 6.07) is 26.0. The van der Waals surface area contributed by atoms with Crippen molar-refractivity contribution in [3.05, 3.63) is 102 Å². The van der Waals surface area contributed by atoms with Crippen LogP contribution in [0.1, 0.15) is 68.6 Å². The average Bonchev–Trinajstić information content (AvgIpc) is 2.88. The average molecular weight is 457 g/mol. The largest absolute Gasteiger partial charge is 0.485 e. The molecule has 0 bridgehead atoms. The zero-order valence-electron chi connectivity index (χ0n) is 20.2. The molecule has 0 saturated carbocycles. The van der Waals surface area contributed by atoms with Crippen molar-refractivity contribution in [2.75, 3.05) is 0 Å². The van der Waals surface area contributed by atoms with Crippen molar-refractivity contribution in [1.29, 1.82) is 0 Å². The van der Waals surface area contributed by atoms with E-state index >= 15 is 0 Å². The van der Waals surface area contributed by atoms with Gasteiger partial charge in [0.1, 0.15) is 13.2 Å². The third kappa shape index (κ3) is 9.27. The van der Waals surface area contributed by atoms with Crippen LogP contribution in [0, 0.1) is 0 Å². The number of rotatable bonds is 15. The van der Waals surface area contributed by atoms with Crippen LogP contribution in [0.4, 0.5) is 0 Å². The number of carbonyl (C=O) groups excluding carboxylic acids is 1. The topological polar surface area (TPSA) is 35.5 Å². The molecule has 0 radical (unpaired) electrons. The van der Waals surface area contributed by atoms with Crippen LogP contribution in [0.3, 0.4) is 0 Å². The number of benzene rings is 3. The lowest BCUT2D eigenvalue weighted by molar-refractivity contribution is -0.114. The highest BCUT2D eigenvalue weighted by Gasteiger charge is 2.08. The Labute approximate surface area is 204 Å². The van der Waals surface area contributed by atoms with Crippen LogP contribution in [0.15, 0.2) is 84.9 Å². The summed E-state index contributed by atoms with van der Waals surface area (Å²) in [5.41, 5.74) is 3.11. The Morgan fingerprint density at radius 3 is 1.94 bits per heavy atom. The quantitative estimate of drug-likeness (QED) is 0.171. The zero-order valence-corrected chi connectivity index (χ0v) is 20.2. The molecule has 0 saturated heterocycles. The van der Waals surface area contributed by atoms with E-state index in [1.54, 1.807) is 6.08 Å². The molecule has 0 spiro atoms. The van der Waals surface area contributed by atoms with E-state index in [-0.39, 0.29) is 5.78 Å². The van der Waals surface area contributed by atoms with Gasteiger partial charge in [0.15, 0.2) is 17.3 Å². The molecule has 34 heavy (non-hydrogen) atoms. The Bertz CT molecular complexity index is 1010. The minimum atomic E-state index is 0.173. The van der Waals surface area contributed by atoms with Crippen molar-refractivity contribution in [3.8, 4) is 11.5 Å². The molecule has 0 aliphatic carbocycles. The smallest absolute Gasteiger partial charge is 0.162 e. The molecule has 3 rings (SSSR count). The number of ketones is 1. The molecule has 0 atom stereocenters. The molecule has 0 aliphatic heterocycles. The Morgan fingerprint density at radius 2 is 1.29 bits per heavy atom. The second kappa shape index (κ2) is 14.7.